The Bertz CT molecular complexity index is 289. The Morgan fingerprint density at radius 3 is 2.85 bits per heavy atom. The van der Waals surface area contributed by atoms with Gasteiger partial charge in [0.1, 0.15) is 18.2 Å². The first-order valence-corrected chi connectivity index (χ1v) is 4.23. The molecule has 2 nitrogen and oxygen atoms in total. The van der Waals surface area contributed by atoms with E-state index >= 15 is 0 Å². The van der Waals surface area contributed by atoms with Crippen LogP contribution in [0.3, 0.4) is 0 Å². The van der Waals surface area contributed by atoms with E-state index in [9.17, 15) is 4.39 Å². The van der Waals surface area contributed by atoms with Gasteiger partial charge in [-0.2, -0.15) is 0 Å². The van der Waals surface area contributed by atoms with Gasteiger partial charge in [0.05, 0.1) is 11.1 Å². The van der Waals surface area contributed by atoms with Crippen molar-refractivity contribution >= 4 is 11.6 Å². The fourth-order valence-corrected chi connectivity index (χ4v) is 1.02. The standard InChI is InChI=1S/C9H10ClFO2/c1-6(12)5-13-9-3-2-7(11)4-8(9)10/h2-4,6,12H,5H2,1H3. The highest BCUT2D eigenvalue weighted by molar-refractivity contribution is 6.32. The second-order valence-electron chi connectivity index (χ2n) is 2.73. The number of benzene rings is 1. The Hall–Kier alpha value is -0.800. The number of rotatable bonds is 3. The molecule has 1 atom stereocenters. The van der Waals surface area contributed by atoms with E-state index in [1.54, 1.807) is 6.92 Å². The first-order valence-electron chi connectivity index (χ1n) is 3.85. The van der Waals surface area contributed by atoms with Crippen LogP contribution in [-0.2, 0) is 0 Å². The van der Waals surface area contributed by atoms with Gasteiger partial charge in [-0.3, -0.25) is 0 Å². The third kappa shape index (κ3) is 3.20. The van der Waals surface area contributed by atoms with Crippen molar-refractivity contribution < 1.29 is 14.2 Å². The van der Waals surface area contributed by atoms with Crippen molar-refractivity contribution in [2.45, 2.75) is 13.0 Å². The van der Waals surface area contributed by atoms with Gasteiger partial charge in [-0.25, -0.2) is 4.39 Å². The van der Waals surface area contributed by atoms with Gasteiger partial charge in [-0.15, -0.1) is 0 Å². The largest absolute Gasteiger partial charge is 0.489 e. The smallest absolute Gasteiger partial charge is 0.138 e. The molecular weight excluding hydrogens is 195 g/mol. The van der Waals surface area contributed by atoms with Crippen LogP contribution in [0.5, 0.6) is 5.75 Å². The zero-order valence-electron chi connectivity index (χ0n) is 7.13. The monoisotopic (exact) mass is 204 g/mol. The van der Waals surface area contributed by atoms with Gasteiger partial charge in [0, 0.05) is 0 Å². The van der Waals surface area contributed by atoms with Crippen LogP contribution >= 0.6 is 11.6 Å². The Morgan fingerprint density at radius 1 is 1.62 bits per heavy atom. The van der Waals surface area contributed by atoms with Crippen LogP contribution in [0.25, 0.3) is 0 Å². The number of ether oxygens (including phenoxy) is 1. The van der Waals surface area contributed by atoms with Crippen LogP contribution in [0.1, 0.15) is 6.92 Å². The molecule has 0 aliphatic heterocycles. The summed E-state index contributed by atoms with van der Waals surface area (Å²) >= 11 is 5.67. The fraction of sp³-hybridized carbons (Fsp3) is 0.333. The normalized spacial score (nSPS) is 12.6. The molecule has 0 amide bonds. The SMILES string of the molecule is CC(O)COc1ccc(F)cc1Cl. The molecule has 0 aromatic heterocycles. The molecule has 0 saturated carbocycles. The molecule has 0 fully saturated rings. The van der Waals surface area contributed by atoms with Crippen molar-refractivity contribution in [1.82, 2.24) is 0 Å². The van der Waals surface area contributed by atoms with Crippen molar-refractivity contribution in [3.8, 4) is 5.75 Å². The molecule has 0 aliphatic carbocycles. The number of hydrogen-bond acceptors (Lipinski definition) is 2. The van der Waals surface area contributed by atoms with Crippen LogP contribution in [0.2, 0.25) is 5.02 Å². The molecule has 0 radical (unpaired) electrons. The topological polar surface area (TPSA) is 29.5 Å². The van der Waals surface area contributed by atoms with Crippen LogP contribution < -0.4 is 4.74 Å². The first kappa shape index (κ1) is 10.3. The summed E-state index contributed by atoms with van der Waals surface area (Å²) < 4.78 is 17.7. The molecule has 1 unspecified atom stereocenters. The average molecular weight is 205 g/mol. The van der Waals surface area contributed by atoms with Crippen molar-refractivity contribution in [3.05, 3.63) is 29.0 Å². The minimum absolute atomic E-state index is 0.144. The van der Waals surface area contributed by atoms with Crippen LogP contribution in [0, 0.1) is 5.82 Å². The van der Waals surface area contributed by atoms with E-state index in [4.69, 9.17) is 21.4 Å². The minimum Gasteiger partial charge on any atom is -0.489 e. The molecule has 0 bridgehead atoms. The number of aliphatic hydroxyl groups excluding tert-OH is 1. The van der Waals surface area contributed by atoms with Crippen molar-refractivity contribution in [1.29, 1.82) is 0 Å². The average Bonchev–Trinajstić information content (AvgIpc) is 2.02. The molecule has 4 heteroatoms. The summed E-state index contributed by atoms with van der Waals surface area (Å²) in [5.74, 6) is -0.0293. The van der Waals surface area contributed by atoms with Crippen LogP contribution in [0.15, 0.2) is 18.2 Å². The van der Waals surface area contributed by atoms with Gasteiger partial charge in [0.25, 0.3) is 0 Å². The molecule has 0 heterocycles. The summed E-state index contributed by atoms with van der Waals surface area (Å²) in [5, 5.41) is 9.13. The highest BCUT2D eigenvalue weighted by atomic mass is 35.5. The number of hydrogen-bond donors (Lipinski definition) is 1. The predicted octanol–water partition coefficient (Wildman–Crippen LogP) is 2.24. The molecule has 1 aromatic rings. The lowest BCUT2D eigenvalue weighted by Gasteiger charge is -2.09. The zero-order chi connectivity index (χ0) is 9.84. The van der Waals surface area contributed by atoms with E-state index in [1.165, 1.54) is 18.2 Å². The summed E-state index contributed by atoms with van der Waals surface area (Å²) in [4.78, 5) is 0. The maximum absolute atomic E-state index is 12.6. The minimum atomic E-state index is -0.568. The van der Waals surface area contributed by atoms with E-state index in [0.717, 1.165) is 0 Å². The van der Waals surface area contributed by atoms with Gasteiger partial charge in [-0.1, -0.05) is 11.6 Å². The quantitative estimate of drug-likeness (QED) is 0.818. The van der Waals surface area contributed by atoms with Gasteiger partial charge < -0.3 is 9.84 Å². The zero-order valence-corrected chi connectivity index (χ0v) is 7.88. The van der Waals surface area contributed by atoms with E-state index in [2.05, 4.69) is 0 Å². The van der Waals surface area contributed by atoms with Crippen molar-refractivity contribution in [2.75, 3.05) is 6.61 Å². The van der Waals surface area contributed by atoms with E-state index < -0.39 is 11.9 Å². The van der Waals surface area contributed by atoms with E-state index in [0.29, 0.717) is 5.75 Å². The maximum atomic E-state index is 12.6. The second kappa shape index (κ2) is 4.44. The van der Waals surface area contributed by atoms with Crippen LogP contribution in [0.4, 0.5) is 4.39 Å². The summed E-state index contributed by atoms with van der Waals surface area (Å²) in [6.45, 7) is 1.74. The highest BCUT2D eigenvalue weighted by Gasteiger charge is 2.04. The Morgan fingerprint density at radius 2 is 2.31 bits per heavy atom. The third-order valence-electron chi connectivity index (χ3n) is 1.37. The van der Waals surface area contributed by atoms with Gasteiger partial charge >= 0.3 is 0 Å². The molecule has 1 N–H and O–H groups in total. The fourth-order valence-electron chi connectivity index (χ4n) is 0.803. The highest BCUT2D eigenvalue weighted by Crippen LogP contribution is 2.24. The number of aliphatic hydroxyl groups is 1. The molecule has 72 valence electrons. The summed E-state index contributed by atoms with van der Waals surface area (Å²) in [6, 6.07) is 3.85. The third-order valence-corrected chi connectivity index (χ3v) is 1.67. The lowest BCUT2D eigenvalue weighted by atomic mass is 10.3. The second-order valence-corrected chi connectivity index (χ2v) is 3.14. The molecule has 0 saturated heterocycles. The molecule has 0 spiro atoms. The summed E-state index contributed by atoms with van der Waals surface area (Å²) in [5.41, 5.74) is 0. The maximum Gasteiger partial charge on any atom is 0.138 e. The van der Waals surface area contributed by atoms with Crippen molar-refractivity contribution in [3.63, 3.8) is 0 Å². The summed E-state index contributed by atoms with van der Waals surface area (Å²) in [7, 11) is 0. The Balaban J connectivity index is 2.67. The molecule has 1 aromatic carbocycles. The number of halogens is 2. The lowest BCUT2D eigenvalue weighted by molar-refractivity contribution is 0.123. The Labute approximate surface area is 80.9 Å². The van der Waals surface area contributed by atoms with E-state index in [1.807, 2.05) is 0 Å². The molecule has 1 rings (SSSR count). The van der Waals surface area contributed by atoms with Gasteiger partial charge in [0.15, 0.2) is 0 Å². The molecule has 0 aliphatic rings. The molecule has 13 heavy (non-hydrogen) atoms. The summed E-state index contributed by atoms with van der Waals surface area (Å²) in [6.07, 6.45) is -0.568. The van der Waals surface area contributed by atoms with E-state index in [-0.39, 0.29) is 11.6 Å². The van der Waals surface area contributed by atoms with Crippen molar-refractivity contribution in [2.24, 2.45) is 0 Å². The Kier molecular flexibility index (Phi) is 3.51. The predicted molar refractivity (Wildman–Crippen MR) is 48.6 cm³/mol. The van der Waals surface area contributed by atoms with Crippen LogP contribution in [-0.4, -0.2) is 17.8 Å². The first-order chi connectivity index (χ1) is 6.09. The lowest BCUT2D eigenvalue weighted by Crippen LogP contribution is -2.12. The molecular formula is C9H10ClFO2. The van der Waals surface area contributed by atoms with Gasteiger partial charge in [0.2, 0.25) is 0 Å². The van der Waals surface area contributed by atoms with Gasteiger partial charge in [-0.05, 0) is 25.1 Å².